The first-order valence-corrected chi connectivity index (χ1v) is 9.20. The van der Waals surface area contributed by atoms with Crippen molar-refractivity contribution < 1.29 is 27.1 Å². The van der Waals surface area contributed by atoms with Gasteiger partial charge in [0.25, 0.3) is 5.91 Å². The average Bonchev–Trinajstić information content (AvgIpc) is 3.36. The molecule has 2 aromatic heterocycles. The van der Waals surface area contributed by atoms with Gasteiger partial charge in [-0.25, -0.2) is 4.98 Å². The van der Waals surface area contributed by atoms with Crippen molar-refractivity contribution in [3.8, 4) is 10.6 Å². The number of carbonyl (C=O) groups is 1. The number of hydrogen-bond donors (Lipinski definition) is 0. The summed E-state index contributed by atoms with van der Waals surface area (Å²) in [6.45, 7) is 0.898. The highest BCUT2D eigenvalue weighted by Gasteiger charge is 2.30. The van der Waals surface area contributed by atoms with E-state index in [0.717, 1.165) is 23.5 Å². The van der Waals surface area contributed by atoms with Crippen molar-refractivity contribution >= 4 is 17.2 Å². The van der Waals surface area contributed by atoms with Crippen LogP contribution in [0.15, 0.2) is 52.5 Å². The molecule has 0 aliphatic heterocycles. The number of thiazole rings is 1. The van der Waals surface area contributed by atoms with Crippen molar-refractivity contribution in [3.63, 3.8) is 0 Å². The average molecular weight is 410 g/mol. The Hall–Kier alpha value is -2.65. The van der Waals surface area contributed by atoms with E-state index < -0.39 is 11.7 Å². The van der Waals surface area contributed by atoms with Crippen molar-refractivity contribution in [2.75, 3.05) is 20.3 Å². The molecule has 9 heteroatoms. The van der Waals surface area contributed by atoms with E-state index in [1.165, 1.54) is 30.4 Å². The van der Waals surface area contributed by atoms with E-state index in [1.54, 1.807) is 17.5 Å². The van der Waals surface area contributed by atoms with Gasteiger partial charge in [-0.3, -0.25) is 4.79 Å². The van der Waals surface area contributed by atoms with Crippen LogP contribution in [0.5, 0.6) is 0 Å². The smallest absolute Gasteiger partial charge is 0.416 e. The quantitative estimate of drug-likeness (QED) is 0.566. The molecule has 1 amide bonds. The largest absolute Gasteiger partial charge is 0.467 e. The maximum absolute atomic E-state index is 12.9. The third kappa shape index (κ3) is 4.79. The fourth-order valence-electron chi connectivity index (χ4n) is 2.54. The van der Waals surface area contributed by atoms with Crippen LogP contribution in [-0.2, 0) is 17.5 Å². The summed E-state index contributed by atoms with van der Waals surface area (Å²) >= 11 is 1.12. The van der Waals surface area contributed by atoms with Crippen LogP contribution >= 0.6 is 11.3 Å². The highest BCUT2D eigenvalue weighted by atomic mass is 32.1. The number of aromatic nitrogens is 1. The molecule has 0 saturated heterocycles. The molecule has 3 rings (SSSR count). The maximum atomic E-state index is 12.9. The molecule has 0 unspecified atom stereocenters. The summed E-state index contributed by atoms with van der Waals surface area (Å²) in [5.74, 6) is 0.265. The Kier molecular flexibility index (Phi) is 6.15. The molecule has 0 spiro atoms. The first kappa shape index (κ1) is 20.1. The molecular formula is C19H17F3N2O3S. The molecule has 0 fully saturated rings. The molecule has 3 aromatic rings. The fourth-order valence-corrected chi connectivity index (χ4v) is 3.33. The number of methoxy groups -OCH3 is 1. The summed E-state index contributed by atoms with van der Waals surface area (Å²) in [7, 11) is 1.53. The van der Waals surface area contributed by atoms with E-state index in [4.69, 9.17) is 9.15 Å². The number of halogens is 3. The van der Waals surface area contributed by atoms with E-state index in [2.05, 4.69) is 4.98 Å². The van der Waals surface area contributed by atoms with Gasteiger partial charge in [-0.15, -0.1) is 11.3 Å². The third-order valence-electron chi connectivity index (χ3n) is 3.94. The molecule has 0 N–H and O–H groups in total. The zero-order chi connectivity index (χ0) is 20.1. The van der Waals surface area contributed by atoms with Crippen LogP contribution in [0.1, 0.15) is 21.8 Å². The van der Waals surface area contributed by atoms with Gasteiger partial charge in [0.2, 0.25) is 0 Å². The van der Waals surface area contributed by atoms with Crippen molar-refractivity contribution in [2.45, 2.75) is 12.7 Å². The van der Waals surface area contributed by atoms with Crippen LogP contribution in [0.25, 0.3) is 10.6 Å². The minimum atomic E-state index is -4.44. The molecule has 0 bridgehead atoms. The molecule has 5 nitrogen and oxygen atoms in total. The van der Waals surface area contributed by atoms with Crippen LogP contribution in [-0.4, -0.2) is 36.1 Å². The van der Waals surface area contributed by atoms with Gasteiger partial charge in [-0.1, -0.05) is 12.1 Å². The number of benzene rings is 1. The van der Waals surface area contributed by atoms with Crippen molar-refractivity contribution in [2.24, 2.45) is 0 Å². The molecule has 0 aliphatic carbocycles. The highest BCUT2D eigenvalue weighted by molar-refractivity contribution is 7.13. The molecule has 28 heavy (non-hydrogen) atoms. The van der Waals surface area contributed by atoms with Gasteiger partial charge in [0.15, 0.2) is 0 Å². The normalized spacial score (nSPS) is 11.6. The third-order valence-corrected chi connectivity index (χ3v) is 4.83. The van der Waals surface area contributed by atoms with Gasteiger partial charge in [0.1, 0.15) is 16.5 Å². The number of hydrogen-bond acceptors (Lipinski definition) is 5. The number of ether oxygens (including phenoxy) is 1. The molecule has 0 atom stereocenters. The van der Waals surface area contributed by atoms with Crippen LogP contribution in [0.3, 0.4) is 0 Å². The van der Waals surface area contributed by atoms with E-state index in [0.29, 0.717) is 29.5 Å². The standard InChI is InChI=1S/C19H17F3N2O3S/c1-26-9-7-24(11-15-6-3-8-27-15)18(25)16-12-28-17(23-16)13-4-2-5-14(10-13)19(20,21)22/h2-6,8,10,12H,7,9,11H2,1H3. The van der Waals surface area contributed by atoms with Crippen LogP contribution in [0, 0.1) is 0 Å². The summed E-state index contributed by atoms with van der Waals surface area (Å²) < 4.78 is 49.1. The van der Waals surface area contributed by atoms with E-state index in [9.17, 15) is 18.0 Å². The Morgan fingerprint density at radius 3 is 2.79 bits per heavy atom. The van der Waals surface area contributed by atoms with Crippen LogP contribution in [0.2, 0.25) is 0 Å². The molecule has 148 valence electrons. The predicted molar refractivity (Wildman–Crippen MR) is 97.9 cm³/mol. The van der Waals surface area contributed by atoms with Gasteiger partial charge in [0.05, 0.1) is 25.0 Å². The number of carbonyl (C=O) groups excluding carboxylic acids is 1. The lowest BCUT2D eigenvalue weighted by Crippen LogP contribution is -2.33. The van der Waals surface area contributed by atoms with E-state index >= 15 is 0 Å². The minimum Gasteiger partial charge on any atom is -0.467 e. The number of amides is 1. The SMILES string of the molecule is COCCN(Cc1ccco1)C(=O)c1csc(-c2cccc(C(F)(F)F)c2)n1. The second-order valence-corrected chi connectivity index (χ2v) is 6.77. The number of alkyl halides is 3. The Balaban J connectivity index is 1.82. The van der Waals surface area contributed by atoms with Gasteiger partial charge < -0.3 is 14.1 Å². The lowest BCUT2D eigenvalue weighted by Gasteiger charge is -2.20. The second-order valence-electron chi connectivity index (χ2n) is 5.92. The molecule has 2 heterocycles. The molecule has 0 radical (unpaired) electrons. The topological polar surface area (TPSA) is 55.6 Å². The van der Waals surface area contributed by atoms with Crippen molar-refractivity contribution in [3.05, 3.63) is 65.1 Å². The first-order valence-electron chi connectivity index (χ1n) is 8.32. The summed E-state index contributed by atoms with van der Waals surface area (Å²) in [6, 6.07) is 8.36. The summed E-state index contributed by atoms with van der Waals surface area (Å²) in [5, 5.41) is 1.89. The lowest BCUT2D eigenvalue weighted by molar-refractivity contribution is -0.137. The van der Waals surface area contributed by atoms with Gasteiger partial charge in [0, 0.05) is 24.6 Å². The van der Waals surface area contributed by atoms with Crippen molar-refractivity contribution in [1.82, 2.24) is 9.88 Å². The van der Waals surface area contributed by atoms with Gasteiger partial charge in [-0.05, 0) is 24.3 Å². The fraction of sp³-hybridized carbons (Fsp3) is 0.263. The molecule has 1 aromatic carbocycles. The predicted octanol–water partition coefficient (Wildman–Crippen LogP) is 4.71. The van der Waals surface area contributed by atoms with Crippen molar-refractivity contribution in [1.29, 1.82) is 0 Å². The van der Waals surface area contributed by atoms with E-state index in [-0.39, 0.29) is 18.1 Å². The van der Waals surface area contributed by atoms with Crippen LogP contribution < -0.4 is 0 Å². The molecular weight excluding hydrogens is 393 g/mol. The van der Waals surface area contributed by atoms with Gasteiger partial charge >= 0.3 is 6.18 Å². The zero-order valence-electron chi connectivity index (χ0n) is 14.9. The maximum Gasteiger partial charge on any atom is 0.416 e. The summed E-state index contributed by atoms with van der Waals surface area (Å²) in [4.78, 5) is 18.6. The Labute approximate surface area is 163 Å². The lowest BCUT2D eigenvalue weighted by atomic mass is 10.1. The van der Waals surface area contributed by atoms with Crippen LogP contribution in [0.4, 0.5) is 13.2 Å². The summed E-state index contributed by atoms with van der Waals surface area (Å²) in [6.07, 6.45) is -2.92. The second kappa shape index (κ2) is 8.57. The Morgan fingerprint density at radius 1 is 1.29 bits per heavy atom. The zero-order valence-corrected chi connectivity index (χ0v) is 15.7. The Bertz CT molecular complexity index is 923. The number of nitrogens with zero attached hydrogens (tertiary/aromatic N) is 2. The first-order chi connectivity index (χ1) is 13.4. The minimum absolute atomic E-state index is 0.167. The highest BCUT2D eigenvalue weighted by Crippen LogP contribution is 2.33. The molecule has 0 aliphatic rings. The number of rotatable bonds is 7. The van der Waals surface area contributed by atoms with Gasteiger partial charge in [-0.2, -0.15) is 13.2 Å². The number of furan rings is 1. The Morgan fingerprint density at radius 2 is 2.11 bits per heavy atom. The molecule has 0 saturated carbocycles. The monoisotopic (exact) mass is 410 g/mol. The summed E-state index contributed by atoms with van der Waals surface area (Å²) in [5.41, 5.74) is -0.277. The van der Waals surface area contributed by atoms with E-state index in [1.807, 2.05) is 0 Å².